The van der Waals surface area contributed by atoms with Crippen LogP contribution in [0.1, 0.15) is 16.8 Å². The number of nitrogens with zero attached hydrogens (tertiary/aromatic N) is 2. The minimum atomic E-state index is -0.674. The van der Waals surface area contributed by atoms with Gasteiger partial charge in [0, 0.05) is 4.88 Å². The van der Waals surface area contributed by atoms with Crippen LogP contribution >= 0.6 is 11.3 Å². The Morgan fingerprint density at radius 2 is 2.50 bits per heavy atom. The fourth-order valence-electron chi connectivity index (χ4n) is 0.928. The maximum atomic E-state index is 9.65. The number of aliphatic hydroxyl groups excluding tert-OH is 1. The minimum absolute atomic E-state index is 0.484. The third-order valence-corrected chi connectivity index (χ3v) is 2.43. The molecule has 2 aromatic heterocycles. The Balaban J connectivity index is 2.27. The molecule has 2 aromatic rings. The van der Waals surface area contributed by atoms with E-state index in [2.05, 4.69) is 15.2 Å². The normalized spacial score (nSPS) is 13.1. The highest BCUT2D eigenvalue weighted by atomic mass is 32.1. The summed E-state index contributed by atoms with van der Waals surface area (Å²) in [5.41, 5.74) is 0. The first-order valence-corrected chi connectivity index (χ1v) is 4.32. The maximum absolute atomic E-state index is 9.65. The molecule has 62 valence electrons. The van der Waals surface area contributed by atoms with Crippen LogP contribution in [0.25, 0.3) is 0 Å². The third kappa shape index (κ3) is 1.24. The second kappa shape index (κ2) is 3.04. The number of hydrogen-bond donors (Lipinski definition) is 2. The SMILES string of the molecule is OC(c1ncn[nH]1)c1cccs1. The Kier molecular flexibility index (Phi) is 1.89. The molecule has 2 heterocycles. The van der Waals surface area contributed by atoms with Gasteiger partial charge in [-0.1, -0.05) is 6.07 Å². The van der Waals surface area contributed by atoms with E-state index < -0.39 is 6.10 Å². The smallest absolute Gasteiger partial charge is 0.158 e. The summed E-state index contributed by atoms with van der Waals surface area (Å²) in [6, 6.07) is 3.75. The molecule has 0 aliphatic rings. The number of aliphatic hydroxyl groups is 1. The average molecular weight is 181 g/mol. The predicted octanol–water partition coefficient (Wildman–Crippen LogP) is 0.948. The molecule has 0 aromatic carbocycles. The molecule has 0 aliphatic carbocycles. The Hall–Kier alpha value is -1.20. The van der Waals surface area contributed by atoms with Crippen molar-refractivity contribution in [3.63, 3.8) is 0 Å². The molecule has 0 amide bonds. The van der Waals surface area contributed by atoms with Crippen molar-refractivity contribution in [1.29, 1.82) is 0 Å². The summed E-state index contributed by atoms with van der Waals surface area (Å²) < 4.78 is 0. The molecule has 0 fully saturated rings. The lowest BCUT2D eigenvalue weighted by Crippen LogP contribution is -1.99. The van der Waals surface area contributed by atoms with E-state index in [1.165, 1.54) is 17.7 Å². The maximum Gasteiger partial charge on any atom is 0.158 e. The number of rotatable bonds is 2. The Bertz CT molecular complexity index is 295. The number of nitrogens with one attached hydrogen (secondary N) is 1. The van der Waals surface area contributed by atoms with Gasteiger partial charge in [0.2, 0.25) is 0 Å². The molecule has 0 saturated heterocycles. The monoisotopic (exact) mass is 181 g/mol. The van der Waals surface area contributed by atoms with Crippen molar-refractivity contribution in [1.82, 2.24) is 15.2 Å². The van der Waals surface area contributed by atoms with E-state index in [-0.39, 0.29) is 0 Å². The second-order valence-corrected chi connectivity index (χ2v) is 3.27. The molecule has 0 bridgehead atoms. The molecule has 5 heteroatoms. The number of H-pyrrole nitrogens is 1. The molecule has 1 atom stereocenters. The lowest BCUT2D eigenvalue weighted by molar-refractivity contribution is 0.214. The fraction of sp³-hybridized carbons (Fsp3) is 0.143. The van der Waals surface area contributed by atoms with Crippen molar-refractivity contribution in [2.45, 2.75) is 6.10 Å². The van der Waals surface area contributed by atoms with Gasteiger partial charge in [0.1, 0.15) is 12.4 Å². The quantitative estimate of drug-likeness (QED) is 0.725. The van der Waals surface area contributed by atoms with Crippen molar-refractivity contribution < 1.29 is 5.11 Å². The van der Waals surface area contributed by atoms with E-state index in [1.807, 2.05) is 17.5 Å². The van der Waals surface area contributed by atoms with Crippen LogP contribution in [0.2, 0.25) is 0 Å². The van der Waals surface area contributed by atoms with Gasteiger partial charge in [0.05, 0.1) is 0 Å². The lowest BCUT2D eigenvalue weighted by atomic mass is 10.3. The summed E-state index contributed by atoms with van der Waals surface area (Å²) in [7, 11) is 0. The minimum Gasteiger partial charge on any atom is -0.379 e. The van der Waals surface area contributed by atoms with Gasteiger partial charge in [-0.2, -0.15) is 5.10 Å². The van der Waals surface area contributed by atoms with Crippen LogP contribution in [-0.4, -0.2) is 20.3 Å². The van der Waals surface area contributed by atoms with Crippen molar-refractivity contribution in [2.75, 3.05) is 0 Å². The molecule has 0 saturated carbocycles. The van der Waals surface area contributed by atoms with Crippen LogP contribution < -0.4 is 0 Å². The van der Waals surface area contributed by atoms with Crippen LogP contribution in [0.4, 0.5) is 0 Å². The highest BCUT2D eigenvalue weighted by molar-refractivity contribution is 7.10. The predicted molar refractivity (Wildman–Crippen MR) is 44.8 cm³/mol. The standard InChI is InChI=1S/C7H7N3OS/c11-6(5-2-1-3-12-5)7-8-4-9-10-7/h1-4,6,11H,(H,8,9,10). The van der Waals surface area contributed by atoms with Crippen LogP contribution in [-0.2, 0) is 0 Å². The molecule has 4 nitrogen and oxygen atoms in total. The van der Waals surface area contributed by atoms with Crippen LogP contribution in [0.15, 0.2) is 23.8 Å². The summed E-state index contributed by atoms with van der Waals surface area (Å²) >= 11 is 1.49. The van der Waals surface area contributed by atoms with E-state index in [0.29, 0.717) is 5.82 Å². The fourth-order valence-corrected chi connectivity index (χ4v) is 1.64. The van der Waals surface area contributed by atoms with Gasteiger partial charge in [-0.25, -0.2) is 4.98 Å². The van der Waals surface area contributed by atoms with Crippen LogP contribution in [0, 0.1) is 0 Å². The van der Waals surface area contributed by atoms with Gasteiger partial charge in [-0.05, 0) is 11.4 Å². The zero-order valence-corrected chi connectivity index (χ0v) is 6.95. The molecule has 0 aliphatic heterocycles. The summed E-state index contributed by atoms with van der Waals surface area (Å²) in [6.07, 6.45) is 0.707. The van der Waals surface area contributed by atoms with Crippen LogP contribution in [0.5, 0.6) is 0 Å². The largest absolute Gasteiger partial charge is 0.379 e. The number of aromatic amines is 1. The molecular weight excluding hydrogens is 174 g/mol. The van der Waals surface area contributed by atoms with Gasteiger partial charge in [-0.3, -0.25) is 5.10 Å². The van der Waals surface area contributed by atoms with Gasteiger partial charge < -0.3 is 5.11 Å². The Labute approximate surface area is 72.9 Å². The zero-order valence-electron chi connectivity index (χ0n) is 6.14. The van der Waals surface area contributed by atoms with Crippen molar-refractivity contribution in [3.8, 4) is 0 Å². The van der Waals surface area contributed by atoms with Gasteiger partial charge >= 0.3 is 0 Å². The summed E-state index contributed by atoms with van der Waals surface area (Å²) in [4.78, 5) is 4.73. The molecule has 12 heavy (non-hydrogen) atoms. The highest BCUT2D eigenvalue weighted by Crippen LogP contribution is 2.22. The Morgan fingerprint density at radius 3 is 3.08 bits per heavy atom. The zero-order chi connectivity index (χ0) is 8.39. The molecule has 2 rings (SSSR count). The Morgan fingerprint density at radius 1 is 1.58 bits per heavy atom. The second-order valence-electron chi connectivity index (χ2n) is 2.29. The first-order chi connectivity index (χ1) is 5.88. The number of hydrogen-bond acceptors (Lipinski definition) is 4. The first kappa shape index (κ1) is 7.45. The number of aromatic nitrogens is 3. The highest BCUT2D eigenvalue weighted by Gasteiger charge is 2.13. The van der Waals surface area contributed by atoms with Crippen molar-refractivity contribution >= 4 is 11.3 Å². The first-order valence-electron chi connectivity index (χ1n) is 3.44. The average Bonchev–Trinajstić information content (AvgIpc) is 2.77. The molecule has 1 unspecified atom stereocenters. The molecular formula is C7H7N3OS. The topological polar surface area (TPSA) is 61.8 Å². The molecule has 2 N–H and O–H groups in total. The third-order valence-electron chi connectivity index (χ3n) is 1.51. The number of thiophene rings is 1. The van der Waals surface area contributed by atoms with Crippen molar-refractivity contribution in [3.05, 3.63) is 34.5 Å². The lowest BCUT2D eigenvalue weighted by Gasteiger charge is -2.02. The van der Waals surface area contributed by atoms with E-state index in [0.717, 1.165) is 4.88 Å². The summed E-state index contributed by atoms with van der Waals surface area (Å²) in [5, 5.41) is 17.8. The molecule has 0 radical (unpaired) electrons. The van der Waals surface area contributed by atoms with Crippen LogP contribution in [0.3, 0.4) is 0 Å². The van der Waals surface area contributed by atoms with E-state index >= 15 is 0 Å². The van der Waals surface area contributed by atoms with Gasteiger partial charge in [0.25, 0.3) is 0 Å². The summed E-state index contributed by atoms with van der Waals surface area (Å²) in [5.74, 6) is 0.484. The molecule has 0 spiro atoms. The van der Waals surface area contributed by atoms with E-state index in [9.17, 15) is 5.11 Å². The van der Waals surface area contributed by atoms with E-state index in [1.54, 1.807) is 0 Å². The summed E-state index contributed by atoms with van der Waals surface area (Å²) in [6.45, 7) is 0. The van der Waals surface area contributed by atoms with Crippen molar-refractivity contribution in [2.24, 2.45) is 0 Å². The van der Waals surface area contributed by atoms with Gasteiger partial charge in [-0.15, -0.1) is 11.3 Å². The van der Waals surface area contributed by atoms with Gasteiger partial charge in [0.15, 0.2) is 5.82 Å². The van der Waals surface area contributed by atoms with E-state index in [4.69, 9.17) is 0 Å².